The van der Waals surface area contributed by atoms with Crippen LogP contribution in [0.3, 0.4) is 0 Å². The molecule has 1 N–H and O–H groups in total. The van der Waals surface area contributed by atoms with Gasteiger partial charge in [0.2, 0.25) is 0 Å². The van der Waals surface area contributed by atoms with Crippen LogP contribution in [0.1, 0.15) is 0 Å². The molecule has 0 saturated carbocycles. The number of H-pyrrole nitrogens is 1. The molecule has 0 spiro atoms. The average Bonchev–Trinajstić information content (AvgIpc) is 2.77. The van der Waals surface area contributed by atoms with E-state index in [1.54, 1.807) is 11.7 Å². The quantitative estimate of drug-likeness (QED) is 0.707. The number of ether oxygens (including phenoxy) is 1. The van der Waals surface area contributed by atoms with E-state index < -0.39 is 0 Å². The maximum Gasteiger partial charge on any atom is 0.182 e. The SMILES string of the molecule is COc1cccc2c1[nH]c(=S)n2-c1cc(F)ccc1Cl. The zero-order chi connectivity index (χ0) is 14.3. The molecule has 0 aliphatic heterocycles. The summed E-state index contributed by atoms with van der Waals surface area (Å²) in [5, 5.41) is 0.422. The predicted molar refractivity (Wildman–Crippen MR) is 80.0 cm³/mol. The van der Waals surface area contributed by atoms with Gasteiger partial charge in [-0.05, 0) is 42.5 Å². The number of imidazole rings is 1. The maximum absolute atomic E-state index is 13.5. The zero-order valence-electron chi connectivity index (χ0n) is 10.5. The first-order valence-electron chi connectivity index (χ1n) is 5.85. The van der Waals surface area contributed by atoms with Gasteiger partial charge in [-0.25, -0.2) is 4.39 Å². The van der Waals surface area contributed by atoms with E-state index in [0.29, 0.717) is 21.2 Å². The number of hydrogen-bond donors (Lipinski definition) is 1. The summed E-state index contributed by atoms with van der Waals surface area (Å²) in [7, 11) is 1.58. The topological polar surface area (TPSA) is 29.9 Å². The summed E-state index contributed by atoms with van der Waals surface area (Å²) in [6.45, 7) is 0. The fourth-order valence-electron chi connectivity index (χ4n) is 2.17. The monoisotopic (exact) mass is 308 g/mol. The molecule has 3 rings (SSSR count). The fraction of sp³-hybridized carbons (Fsp3) is 0.0714. The van der Waals surface area contributed by atoms with Crippen LogP contribution in [0.4, 0.5) is 4.39 Å². The van der Waals surface area contributed by atoms with Gasteiger partial charge in [-0.2, -0.15) is 0 Å². The Labute approximate surface area is 124 Å². The largest absolute Gasteiger partial charge is 0.494 e. The molecule has 0 aliphatic carbocycles. The number of nitrogens with zero attached hydrogens (tertiary/aromatic N) is 1. The number of aromatic amines is 1. The molecule has 102 valence electrons. The lowest BCUT2D eigenvalue weighted by molar-refractivity contribution is 0.419. The summed E-state index contributed by atoms with van der Waals surface area (Å²) in [6.07, 6.45) is 0. The third-order valence-corrected chi connectivity index (χ3v) is 3.65. The molecule has 6 heteroatoms. The van der Waals surface area contributed by atoms with Crippen molar-refractivity contribution in [3.8, 4) is 11.4 Å². The highest BCUT2D eigenvalue weighted by Gasteiger charge is 2.13. The summed E-state index contributed by atoms with van der Waals surface area (Å²) < 4.78 is 20.9. The second-order valence-electron chi connectivity index (χ2n) is 4.22. The molecule has 1 aromatic heterocycles. The van der Waals surface area contributed by atoms with Gasteiger partial charge < -0.3 is 9.72 Å². The van der Waals surface area contributed by atoms with E-state index in [1.807, 2.05) is 18.2 Å². The van der Waals surface area contributed by atoms with Gasteiger partial charge in [0.15, 0.2) is 4.77 Å². The highest BCUT2D eigenvalue weighted by Crippen LogP contribution is 2.30. The number of hydrogen-bond acceptors (Lipinski definition) is 2. The highest BCUT2D eigenvalue weighted by atomic mass is 35.5. The molecular weight excluding hydrogens is 299 g/mol. The zero-order valence-corrected chi connectivity index (χ0v) is 12.1. The third-order valence-electron chi connectivity index (χ3n) is 3.05. The van der Waals surface area contributed by atoms with E-state index in [4.69, 9.17) is 28.6 Å². The fourth-order valence-corrected chi connectivity index (χ4v) is 2.67. The van der Waals surface area contributed by atoms with Gasteiger partial charge in [0.25, 0.3) is 0 Å². The number of halogens is 2. The predicted octanol–water partition coefficient (Wildman–Crippen LogP) is 4.49. The van der Waals surface area contributed by atoms with Crippen molar-refractivity contribution < 1.29 is 9.13 Å². The minimum atomic E-state index is -0.372. The minimum Gasteiger partial charge on any atom is -0.494 e. The Morgan fingerprint density at radius 2 is 2.10 bits per heavy atom. The Balaban J connectivity index is 2.40. The van der Waals surface area contributed by atoms with Crippen LogP contribution in [-0.2, 0) is 0 Å². The number of rotatable bonds is 2. The lowest BCUT2D eigenvalue weighted by Gasteiger charge is -2.07. The first-order chi connectivity index (χ1) is 9.61. The van der Waals surface area contributed by atoms with Gasteiger partial charge in [0.05, 0.1) is 23.3 Å². The molecule has 0 atom stereocenters. The Morgan fingerprint density at radius 3 is 2.85 bits per heavy atom. The summed E-state index contributed by atoms with van der Waals surface area (Å²) in [5.74, 6) is 0.295. The van der Waals surface area contributed by atoms with Crippen LogP contribution in [0.2, 0.25) is 5.02 Å². The molecule has 0 unspecified atom stereocenters. The third kappa shape index (κ3) is 1.99. The Bertz CT molecular complexity index is 856. The van der Waals surface area contributed by atoms with Crippen molar-refractivity contribution in [2.45, 2.75) is 0 Å². The Hall–Kier alpha value is -1.85. The van der Waals surface area contributed by atoms with Crippen LogP contribution in [0, 0.1) is 10.6 Å². The van der Waals surface area contributed by atoms with Crippen molar-refractivity contribution in [1.82, 2.24) is 9.55 Å². The van der Waals surface area contributed by atoms with Gasteiger partial charge in [-0.15, -0.1) is 0 Å². The van der Waals surface area contributed by atoms with Crippen molar-refractivity contribution >= 4 is 34.9 Å². The van der Waals surface area contributed by atoms with Crippen LogP contribution < -0.4 is 4.74 Å². The molecular formula is C14H10ClFN2OS. The lowest BCUT2D eigenvalue weighted by atomic mass is 10.2. The molecule has 0 amide bonds. The second-order valence-corrected chi connectivity index (χ2v) is 5.01. The van der Waals surface area contributed by atoms with E-state index in [0.717, 1.165) is 11.0 Å². The van der Waals surface area contributed by atoms with Crippen LogP contribution in [-0.4, -0.2) is 16.7 Å². The van der Waals surface area contributed by atoms with Crippen molar-refractivity contribution in [3.05, 3.63) is 52.0 Å². The summed E-state index contributed by atoms with van der Waals surface area (Å²) in [6, 6.07) is 9.70. The first kappa shape index (κ1) is 13.1. The standard InChI is InChI=1S/C14H10ClFN2OS/c1-19-12-4-2-3-10-13(12)17-14(20)18(10)11-7-8(16)5-6-9(11)15/h2-7H,1H3,(H,17,20). The minimum absolute atomic E-state index is 0.372. The normalized spacial score (nSPS) is 10.9. The molecule has 2 aromatic carbocycles. The molecule has 0 radical (unpaired) electrons. The molecule has 3 nitrogen and oxygen atoms in total. The first-order valence-corrected chi connectivity index (χ1v) is 6.63. The molecule has 1 heterocycles. The molecule has 0 aliphatic rings. The number of fused-ring (bicyclic) bond motifs is 1. The Morgan fingerprint density at radius 1 is 1.30 bits per heavy atom. The van der Waals surface area contributed by atoms with Gasteiger partial charge >= 0.3 is 0 Å². The van der Waals surface area contributed by atoms with Crippen LogP contribution in [0.25, 0.3) is 16.7 Å². The van der Waals surface area contributed by atoms with E-state index >= 15 is 0 Å². The van der Waals surface area contributed by atoms with E-state index in [2.05, 4.69) is 4.98 Å². The van der Waals surface area contributed by atoms with Crippen LogP contribution in [0.5, 0.6) is 5.75 Å². The molecule has 0 bridgehead atoms. The van der Waals surface area contributed by atoms with Gasteiger partial charge in [-0.3, -0.25) is 4.57 Å². The average molecular weight is 309 g/mol. The van der Waals surface area contributed by atoms with Crippen LogP contribution in [0.15, 0.2) is 36.4 Å². The number of para-hydroxylation sites is 1. The molecule has 3 aromatic rings. The Kier molecular flexibility index (Phi) is 3.23. The molecule has 0 fully saturated rings. The van der Waals surface area contributed by atoms with Gasteiger partial charge in [-0.1, -0.05) is 17.7 Å². The summed E-state index contributed by atoms with van der Waals surface area (Å²) in [5.41, 5.74) is 2.03. The number of benzene rings is 2. The highest BCUT2D eigenvalue weighted by molar-refractivity contribution is 7.71. The maximum atomic E-state index is 13.5. The van der Waals surface area contributed by atoms with Crippen molar-refractivity contribution in [2.75, 3.05) is 7.11 Å². The molecule has 0 saturated heterocycles. The van der Waals surface area contributed by atoms with Crippen molar-refractivity contribution in [2.24, 2.45) is 0 Å². The smallest absolute Gasteiger partial charge is 0.182 e. The van der Waals surface area contributed by atoms with Crippen LogP contribution >= 0.6 is 23.8 Å². The van der Waals surface area contributed by atoms with E-state index in [9.17, 15) is 4.39 Å². The van der Waals surface area contributed by atoms with E-state index in [-0.39, 0.29) is 5.82 Å². The van der Waals surface area contributed by atoms with E-state index in [1.165, 1.54) is 18.2 Å². The summed E-state index contributed by atoms with van der Waals surface area (Å²) in [4.78, 5) is 3.06. The van der Waals surface area contributed by atoms with Gasteiger partial charge in [0, 0.05) is 0 Å². The second kappa shape index (κ2) is 4.92. The van der Waals surface area contributed by atoms with Gasteiger partial charge in [0.1, 0.15) is 17.1 Å². The molecule has 20 heavy (non-hydrogen) atoms. The van der Waals surface area contributed by atoms with Crippen molar-refractivity contribution in [1.29, 1.82) is 0 Å². The number of methoxy groups -OCH3 is 1. The number of nitrogens with one attached hydrogen (secondary N) is 1. The van der Waals surface area contributed by atoms with Crippen molar-refractivity contribution in [3.63, 3.8) is 0 Å². The lowest BCUT2D eigenvalue weighted by Crippen LogP contribution is -1.96. The summed E-state index contributed by atoms with van der Waals surface area (Å²) >= 11 is 11.5. The number of aromatic nitrogens is 2.